The lowest BCUT2D eigenvalue weighted by Crippen LogP contribution is -1.85. The van der Waals surface area contributed by atoms with Crippen LogP contribution in [0, 0.1) is 5.82 Å². The van der Waals surface area contributed by atoms with Crippen molar-refractivity contribution in [2.45, 2.75) is 6.92 Å². The Balaban J connectivity index is 1.62. The number of allylic oxidation sites excluding steroid dienone is 1. The van der Waals surface area contributed by atoms with Crippen LogP contribution >= 0.6 is 0 Å². The summed E-state index contributed by atoms with van der Waals surface area (Å²) in [5.74, 6) is 0.260. The highest BCUT2D eigenvalue weighted by Crippen LogP contribution is 2.31. The molecule has 8 nitrogen and oxygen atoms in total. The molecule has 0 spiro atoms. The molecular weight excluding hydrogens is 407 g/mol. The number of aliphatic imine (C=N–C) groups is 2. The fourth-order valence-electron chi connectivity index (χ4n) is 3.49. The zero-order valence-electron chi connectivity index (χ0n) is 17.0. The molecule has 0 unspecified atom stereocenters. The molecule has 0 aliphatic heterocycles. The Morgan fingerprint density at radius 3 is 2.91 bits per heavy atom. The number of aromatic nitrogens is 6. The van der Waals surface area contributed by atoms with E-state index < -0.39 is 0 Å². The number of nitrogens with one attached hydrogen (secondary N) is 2. The van der Waals surface area contributed by atoms with Crippen LogP contribution in [-0.2, 0) is 0 Å². The van der Waals surface area contributed by atoms with E-state index >= 15 is 0 Å². The molecule has 5 rings (SSSR count). The first-order valence-electron chi connectivity index (χ1n) is 9.74. The lowest BCUT2D eigenvalue weighted by atomic mass is 10.1. The molecule has 2 N–H and O–H groups in total. The number of pyridine rings is 2. The summed E-state index contributed by atoms with van der Waals surface area (Å²) in [6.07, 6.45) is 6.45. The molecule has 4 heterocycles. The SMILES string of the molecule is C=NC=N/C=C(\C)c1cnc2n[nH]c(-c3nc4nccc(-c5cccc(F)c5)c4[nH]3)c2c1. The van der Waals surface area contributed by atoms with Crippen molar-refractivity contribution in [1.29, 1.82) is 0 Å². The number of fused-ring (bicyclic) bond motifs is 2. The Bertz CT molecular complexity index is 1530. The molecule has 5 aromatic rings. The maximum atomic E-state index is 13.8. The van der Waals surface area contributed by atoms with Gasteiger partial charge in [0, 0.05) is 24.2 Å². The average molecular weight is 424 g/mol. The zero-order chi connectivity index (χ0) is 22.1. The molecule has 0 atom stereocenters. The van der Waals surface area contributed by atoms with Gasteiger partial charge in [-0.05, 0) is 54.6 Å². The number of halogens is 1. The number of aromatic amines is 2. The molecule has 0 saturated carbocycles. The van der Waals surface area contributed by atoms with Gasteiger partial charge < -0.3 is 4.98 Å². The summed E-state index contributed by atoms with van der Waals surface area (Å²) in [5, 5.41) is 8.10. The van der Waals surface area contributed by atoms with E-state index in [9.17, 15) is 4.39 Å². The number of H-pyrrole nitrogens is 2. The molecule has 0 aliphatic rings. The smallest absolute Gasteiger partial charge is 0.181 e. The Morgan fingerprint density at radius 1 is 1.16 bits per heavy atom. The molecule has 0 aliphatic carbocycles. The highest BCUT2D eigenvalue weighted by atomic mass is 19.1. The van der Waals surface area contributed by atoms with Crippen LogP contribution in [0.25, 0.3) is 50.4 Å². The van der Waals surface area contributed by atoms with Crippen molar-refractivity contribution in [3.05, 3.63) is 66.4 Å². The quantitative estimate of drug-likeness (QED) is 0.312. The predicted octanol–water partition coefficient (Wildman–Crippen LogP) is 4.79. The second kappa shape index (κ2) is 7.95. The molecule has 156 valence electrons. The molecule has 0 radical (unpaired) electrons. The minimum Gasteiger partial charge on any atom is -0.335 e. The minimum atomic E-state index is -0.304. The topological polar surface area (TPSA) is 108 Å². The van der Waals surface area contributed by atoms with Gasteiger partial charge in [-0.2, -0.15) is 5.10 Å². The van der Waals surface area contributed by atoms with Crippen molar-refractivity contribution in [2.75, 3.05) is 0 Å². The number of nitrogens with zero attached hydrogens (tertiary/aromatic N) is 6. The molecular formula is C23H17FN8. The van der Waals surface area contributed by atoms with Crippen LogP contribution < -0.4 is 0 Å². The molecule has 4 aromatic heterocycles. The first-order chi connectivity index (χ1) is 15.6. The van der Waals surface area contributed by atoms with Crippen LogP contribution in [-0.4, -0.2) is 43.2 Å². The summed E-state index contributed by atoms with van der Waals surface area (Å²) >= 11 is 0. The summed E-state index contributed by atoms with van der Waals surface area (Å²) in [6.45, 7) is 5.30. The van der Waals surface area contributed by atoms with Crippen molar-refractivity contribution >= 4 is 40.8 Å². The molecule has 1 aromatic carbocycles. The van der Waals surface area contributed by atoms with Crippen molar-refractivity contribution < 1.29 is 4.39 Å². The summed E-state index contributed by atoms with van der Waals surface area (Å²) in [6, 6.07) is 10.2. The third kappa shape index (κ3) is 3.45. The van der Waals surface area contributed by atoms with E-state index in [1.165, 1.54) is 18.5 Å². The van der Waals surface area contributed by atoms with Gasteiger partial charge in [0.25, 0.3) is 0 Å². The standard InChI is InChI=1S/C23H17FN8/c1-13(10-26-12-25-2)15-9-18-20(31-32-21(18)28-11-15)23-29-19-17(6-7-27-22(19)30-23)14-4-3-5-16(24)8-14/h3-12H,2H2,1H3,(H,27,29,30)(H,28,31,32)/b13-10+,26-12?. The summed E-state index contributed by atoms with van der Waals surface area (Å²) < 4.78 is 13.8. The average Bonchev–Trinajstić information content (AvgIpc) is 3.42. The van der Waals surface area contributed by atoms with Crippen LogP contribution in [0.5, 0.6) is 0 Å². The Hall–Kier alpha value is -4.53. The maximum Gasteiger partial charge on any atom is 0.181 e. The first-order valence-corrected chi connectivity index (χ1v) is 9.74. The number of hydrogen-bond donors (Lipinski definition) is 2. The Labute approximate surface area is 181 Å². The Kier molecular flexibility index (Phi) is 4.83. The summed E-state index contributed by atoms with van der Waals surface area (Å²) in [5.41, 5.74) is 5.82. The van der Waals surface area contributed by atoms with E-state index in [2.05, 4.69) is 46.8 Å². The molecule has 32 heavy (non-hydrogen) atoms. The van der Waals surface area contributed by atoms with E-state index in [4.69, 9.17) is 0 Å². The monoisotopic (exact) mass is 424 g/mol. The van der Waals surface area contributed by atoms with Crippen molar-refractivity contribution in [1.82, 2.24) is 30.1 Å². The molecule has 0 saturated heterocycles. The maximum absolute atomic E-state index is 13.8. The van der Waals surface area contributed by atoms with Gasteiger partial charge in [0.15, 0.2) is 17.1 Å². The van der Waals surface area contributed by atoms with E-state index in [-0.39, 0.29) is 5.82 Å². The lowest BCUT2D eigenvalue weighted by Gasteiger charge is -2.02. The molecule has 0 bridgehead atoms. The van der Waals surface area contributed by atoms with Gasteiger partial charge in [-0.3, -0.25) is 10.1 Å². The largest absolute Gasteiger partial charge is 0.335 e. The third-order valence-electron chi connectivity index (χ3n) is 5.05. The van der Waals surface area contributed by atoms with Crippen LogP contribution in [0.3, 0.4) is 0 Å². The fourth-order valence-corrected chi connectivity index (χ4v) is 3.49. The highest BCUT2D eigenvalue weighted by Gasteiger charge is 2.16. The van der Waals surface area contributed by atoms with Gasteiger partial charge in [0.1, 0.15) is 17.8 Å². The normalized spacial score (nSPS) is 12.2. The van der Waals surface area contributed by atoms with Crippen LogP contribution in [0.15, 0.2) is 65.0 Å². The zero-order valence-corrected chi connectivity index (χ0v) is 17.0. The van der Waals surface area contributed by atoms with Crippen molar-refractivity contribution in [3.63, 3.8) is 0 Å². The number of hydrogen-bond acceptors (Lipinski definition) is 5. The number of imidazole rings is 1. The third-order valence-corrected chi connectivity index (χ3v) is 5.05. The van der Waals surface area contributed by atoms with Gasteiger partial charge in [0.2, 0.25) is 0 Å². The van der Waals surface area contributed by atoms with Crippen molar-refractivity contribution in [2.24, 2.45) is 9.98 Å². The first kappa shape index (κ1) is 19.4. The summed E-state index contributed by atoms with van der Waals surface area (Å²) in [7, 11) is 0. The van der Waals surface area contributed by atoms with Gasteiger partial charge in [0.05, 0.1) is 10.9 Å². The second-order valence-corrected chi connectivity index (χ2v) is 7.11. The summed E-state index contributed by atoms with van der Waals surface area (Å²) in [4.78, 5) is 24.4. The van der Waals surface area contributed by atoms with E-state index in [0.29, 0.717) is 28.3 Å². The number of rotatable bonds is 5. The van der Waals surface area contributed by atoms with Crippen molar-refractivity contribution in [3.8, 4) is 22.6 Å². The predicted molar refractivity (Wildman–Crippen MR) is 124 cm³/mol. The van der Waals surface area contributed by atoms with Crippen LogP contribution in [0.1, 0.15) is 12.5 Å². The lowest BCUT2D eigenvalue weighted by molar-refractivity contribution is 0.628. The molecule has 9 heteroatoms. The van der Waals surface area contributed by atoms with E-state index in [1.807, 2.05) is 25.1 Å². The van der Waals surface area contributed by atoms with Gasteiger partial charge in [-0.25, -0.2) is 24.3 Å². The van der Waals surface area contributed by atoms with Gasteiger partial charge >= 0.3 is 0 Å². The molecule has 0 amide bonds. The van der Waals surface area contributed by atoms with Crippen LogP contribution in [0.2, 0.25) is 0 Å². The highest BCUT2D eigenvalue weighted by molar-refractivity contribution is 5.95. The number of benzene rings is 1. The van der Waals surface area contributed by atoms with Gasteiger partial charge in [-0.15, -0.1) is 0 Å². The fraction of sp³-hybridized carbons (Fsp3) is 0.0435. The van der Waals surface area contributed by atoms with Crippen LogP contribution in [0.4, 0.5) is 4.39 Å². The van der Waals surface area contributed by atoms with Gasteiger partial charge in [-0.1, -0.05) is 12.1 Å². The molecule has 0 fully saturated rings. The Morgan fingerprint density at radius 2 is 2.06 bits per heavy atom. The second-order valence-electron chi connectivity index (χ2n) is 7.11. The minimum absolute atomic E-state index is 0.304. The van der Waals surface area contributed by atoms with E-state index in [0.717, 1.165) is 27.6 Å². The van der Waals surface area contributed by atoms with E-state index in [1.54, 1.807) is 24.7 Å².